The number of nitrogens with zero attached hydrogens (tertiary/aromatic N) is 1. The van der Waals surface area contributed by atoms with Crippen LogP contribution in [-0.4, -0.2) is 52.5 Å². The maximum Gasteiger partial charge on any atom is 0.303 e. The van der Waals surface area contributed by atoms with Crippen LogP contribution in [0.3, 0.4) is 0 Å². The lowest BCUT2D eigenvalue weighted by Crippen LogP contribution is -2.39. The Morgan fingerprint density at radius 1 is 1.59 bits per heavy atom. The molecule has 1 atom stereocenters. The Morgan fingerprint density at radius 2 is 2.29 bits per heavy atom. The van der Waals surface area contributed by atoms with Gasteiger partial charge in [-0.2, -0.15) is 0 Å². The van der Waals surface area contributed by atoms with Crippen molar-refractivity contribution in [2.45, 2.75) is 13.3 Å². The number of hydrogen-bond donors (Lipinski definition) is 2. The van der Waals surface area contributed by atoms with Crippen molar-refractivity contribution in [1.82, 2.24) is 10.2 Å². The van der Waals surface area contributed by atoms with Crippen molar-refractivity contribution in [3.05, 3.63) is 0 Å². The van der Waals surface area contributed by atoms with Crippen LogP contribution in [0.25, 0.3) is 0 Å². The number of rotatable bonds is 6. The maximum absolute atomic E-state index is 11.5. The van der Waals surface area contributed by atoms with Crippen molar-refractivity contribution in [3.8, 4) is 0 Å². The number of carbonyl (C=O) groups excluding carboxylic acids is 2. The molecule has 0 aromatic rings. The topological polar surface area (TPSA) is 86.7 Å². The molecule has 0 aromatic heterocycles. The SMILES string of the molecule is CC(CNC(=O)CN1CSCC1=O)CC(=O)O. The Bertz CT molecular complexity index is 321. The highest BCUT2D eigenvalue weighted by Crippen LogP contribution is 2.13. The summed E-state index contributed by atoms with van der Waals surface area (Å²) in [5.74, 6) is -0.264. The molecule has 6 nitrogen and oxygen atoms in total. The molecule has 7 heteroatoms. The van der Waals surface area contributed by atoms with Gasteiger partial charge in [0.15, 0.2) is 0 Å². The fourth-order valence-electron chi connectivity index (χ4n) is 1.43. The quantitative estimate of drug-likeness (QED) is 0.687. The lowest BCUT2D eigenvalue weighted by atomic mass is 10.1. The van der Waals surface area contributed by atoms with Crippen molar-refractivity contribution in [2.75, 3.05) is 24.7 Å². The van der Waals surface area contributed by atoms with E-state index in [0.717, 1.165) is 0 Å². The fourth-order valence-corrected chi connectivity index (χ4v) is 2.33. The van der Waals surface area contributed by atoms with Crippen molar-refractivity contribution < 1.29 is 19.5 Å². The number of carboxylic acids is 1. The highest BCUT2D eigenvalue weighted by Gasteiger charge is 2.22. The predicted molar refractivity (Wildman–Crippen MR) is 63.5 cm³/mol. The van der Waals surface area contributed by atoms with E-state index in [2.05, 4.69) is 5.32 Å². The summed E-state index contributed by atoms with van der Waals surface area (Å²) in [6.45, 7) is 2.14. The molecule has 1 fully saturated rings. The zero-order chi connectivity index (χ0) is 12.8. The van der Waals surface area contributed by atoms with E-state index in [1.54, 1.807) is 6.92 Å². The molecule has 0 bridgehead atoms. The molecule has 1 saturated heterocycles. The smallest absolute Gasteiger partial charge is 0.303 e. The van der Waals surface area contributed by atoms with Crippen LogP contribution in [0, 0.1) is 5.92 Å². The summed E-state index contributed by atoms with van der Waals surface area (Å²) < 4.78 is 0. The summed E-state index contributed by atoms with van der Waals surface area (Å²) in [5.41, 5.74) is 0. The summed E-state index contributed by atoms with van der Waals surface area (Å²) in [7, 11) is 0. The molecule has 0 spiro atoms. The summed E-state index contributed by atoms with van der Waals surface area (Å²) in [6.07, 6.45) is 0.0266. The van der Waals surface area contributed by atoms with Gasteiger partial charge in [0.05, 0.1) is 11.6 Å². The van der Waals surface area contributed by atoms with Crippen LogP contribution in [0.1, 0.15) is 13.3 Å². The highest BCUT2D eigenvalue weighted by atomic mass is 32.2. The second-order valence-electron chi connectivity index (χ2n) is 4.08. The first-order chi connectivity index (χ1) is 7.99. The third-order valence-corrected chi connectivity index (χ3v) is 3.28. The Labute approximate surface area is 104 Å². The predicted octanol–water partition coefficient (Wildman–Crippen LogP) is -0.254. The minimum atomic E-state index is -0.877. The Balaban J connectivity index is 2.21. The lowest BCUT2D eigenvalue weighted by molar-refractivity contribution is -0.138. The number of nitrogens with one attached hydrogen (secondary N) is 1. The van der Waals surface area contributed by atoms with Crippen LogP contribution >= 0.6 is 11.8 Å². The van der Waals surface area contributed by atoms with Gasteiger partial charge in [0, 0.05) is 13.0 Å². The first-order valence-corrected chi connectivity index (χ1v) is 6.48. The number of thioether (sulfide) groups is 1. The van der Waals surface area contributed by atoms with Gasteiger partial charge in [0.2, 0.25) is 11.8 Å². The van der Waals surface area contributed by atoms with Gasteiger partial charge >= 0.3 is 5.97 Å². The molecule has 1 aliphatic heterocycles. The van der Waals surface area contributed by atoms with Gasteiger partial charge < -0.3 is 15.3 Å². The second kappa shape index (κ2) is 6.48. The monoisotopic (exact) mass is 260 g/mol. The summed E-state index contributed by atoms with van der Waals surface area (Å²) in [6, 6.07) is 0. The van der Waals surface area contributed by atoms with E-state index >= 15 is 0 Å². The molecule has 1 aliphatic rings. The Kier molecular flexibility index (Phi) is 5.27. The third-order valence-electron chi connectivity index (χ3n) is 2.33. The van der Waals surface area contributed by atoms with Crippen LogP contribution in [0.5, 0.6) is 0 Å². The van der Waals surface area contributed by atoms with E-state index in [-0.39, 0.29) is 30.7 Å². The van der Waals surface area contributed by atoms with E-state index in [1.807, 2.05) is 0 Å². The molecule has 2 N–H and O–H groups in total. The molecule has 2 amide bonds. The van der Waals surface area contributed by atoms with Gasteiger partial charge in [-0.05, 0) is 5.92 Å². The van der Waals surface area contributed by atoms with Gasteiger partial charge in [-0.1, -0.05) is 6.92 Å². The number of amides is 2. The number of aliphatic carboxylic acids is 1. The summed E-state index contributed by atoms with van der Waals surface area (Å²) in [4.78, 5) is 34.6. The first-order valence-electron chi connectivity index (χ1n) is 5.33. The number of hydrogen-bond acceptors (Lipinski definition) is 4. The van der Waals surface area contributed by atoms with Gasteiger partial charge in [-0.3, -0.25) is 14.4 Å². The molecule has 0 radical (unpaired) electrons. The van der Waals surface area contributed by atoms with Crippen molar-refractivity contribution >= 4 is 29.5 Å². The van der Waals surface area contributed by atoms with E-state index in [1.165, 1.54) is 16.7 Å². The number of carbonyl (C=O) groups is 3. The average molecular weight is 260 g/mol. The highest BCUT2D eigenvalue weighted by molar-refractivity contribution is 8.00. The van der Waals surface area contributed by atoms with E-state index in [4.69, 9.17) is 5.11 Å². The van der Waals surface area contributed by atoms with E-state index in [9.17, 15) is 14.4 Å². The minimum Gasteiger partial charge on any atom is -0.481 e. The Hall–Kier alpha value is -1.24. The van der Waals surface area contributed by atoms with Crippen molar-refractivity contribution in [1.29, 1.82) is 0 Å². The van der Waals surface area contributed by atoms with Gasteiger partial charge in [0.1, 0.15) is 6.54 Å². The molecular weight excluding hydrogens is 244 g/mol. The van der Waals surface area contributed by atoms with Gasteiger partial charge in [-0.25, -0.2) is 0 Å². The Morgan fingerprint density at radius 3 is 2.82 bits per heavy atom. The number of carboxylic acid groups (broad SMARTS) is 1. The molecule has 96 valence electrons. The van der Waals surface area contributed by atoms with E-state index in [0.29, 0.717) is 18.2 Å². The normalized spacial score (nSPS) is 17.0. The molecule has 1 heterocycles. The second-order valence-corrected chi connectivity index (χ2v) is 5.03. The molecule has 0 aliphatic carbocycles. The lowest BCUT2D eigenvalue weighted by Gasteiger charge is -2.15. The van der Waals surface area contributed by atoms with Crippen molar-refractivity contribution in [2.24, 2.45) is 5.92 Å². The summed E-state index contributed by atoms with van der Waals surface area (Å²) >= 11 is 1.48. The van der Waals surface area contributed by atoms with Crippen LogP contribution in [0.2, 0.25) is 0 Å². The van der Waals surface area contributed by atoms with Crippen LogP contribution in [0.4, 0.5) is 0 Å². The zero-order valence-electron chi connectivity index (χ0n) is 9.64. The molecule has 0 saturated carbocycles. The average Bonchev–Trinajstić information content (AvgIpc) is 2.61. The standard InChI is InChI=1S/C10H16N2O4S/c1-7(2-10(15)16)3-11-8(13)4-12-6-17-5-9(12)14/h7H,2-6H2,1H3,(H,11,13)(H,15,16). The largest absolute Gasteiger partial charge is 0.481 e. The minimum absolute atomic E-state index is 0.0243. The molecular formula is C10H16N2O4S. The maximum atomic E-state index is 11.5. The molecule has 1 unspecified atom stereocenters. The first kappa shape index (κ1) is 13.8. The van der Waals surface area contributed by atoms with Crippen molar-refractivity contribution in [3.63, 3.8) is 0 Å². The fraction of sp³-hybridized carbons (Fsp3) is 0.700. The van der Waals surface area contributed by atoms with Crippen LogP contribution < -0.4 is 5.32 Å². The van der Waals surface area contributed by atoms with Crippen LogP contribution in [0.15, 0.2) is 0 Å². The molecule has 17 heavy (non-hydrogen) atoms. The van der Waals surface area contributed by atoms with E-state index < -0.39 is 5.97 Å². The molecule has 0 aromatic carbocycles. The third kappa shape index (κ3) is 5.08. The molecule has 1 rings (SSSR count). The van der Waals surface area contributed by atoms with Gasteiger partial charge in [0.25, 0.3) is 0 Å². The summed E-state index contributed by atoms with van der Waals surface area (Å²) in [5, 5.41) is 11.2. The van der Waals surface area contributed by atoms with Gasteiger partial charge in [-0.15, -0.1) is 11.8 Å². The zero-order valence-corrected chi connectivity index (χ0v) is 10.5. The van der Waals surface area contributed by atoms with Crippen LogP contribution in [-0.2, 0) is 14.4 Å².